The summed E-state index contributed by atoms with van der Waals surface area (Å²) in [6.07, 6.45) is 9.43. The fourth-order valence-corrected chi connectivity index (χ4v) is 3.48. The third kappa shape index (κ3) is 4.48. The third-order valence-electron chi connectivity index (χ3n) is 4.09. The molecule has 0 heterocycles. The van der Waals surface area contributed by atoms with Gasteiger partial charge in [-0.05, 0) is 42.4 Å². The van der Waals surface area contributed by atoms with Crippen molar-refractivity contribution in [1.82, 2.24) is 0 Å². The largest absolute Gasteiger partial charge is 0.126 e. The molecule has 100 valence electrons. The maximum atomic E-state index is 6.11. The van der Waals surface area contributed by atoms with E-state index in [2.05, 4.69) is 12.1 Å². The standard InChI is InChI=1S/C16H22Cl2/c17-12-15(9-8-13-4-1-2-5-13)10-14-6-3-7-16(18)11-14/h3,6-7,11,13,15H,1-2,4-5,8-10,12H2. The number of benzene rings is 1. The first-order valence-electron chi connectivity index (χ1n) is 7.08. The highest BCUT2D eigenvalue weighted by Gasteiger charge is 2.17. The molecule has 0 N–H and O–H groups in total. The molecule has 1 aliphatic carbocycles. The van der Waals surface area contributed by atoms with Crippen LogP contribution in [-0.4, -0.2) is 5.88 Å². The number of alkyl halides is 1. The molecule has 0 bridgehead atoms. The maximum Gasteiger partial charge on any atom is 0.0408 e. The number of rotatable bonds is 6. The van der Waals surface area contributed by atoms with Gasteiger partial charge in [-0.25, -0.2) is 0 Å². The molecule has 1 aromatic rings. The van der Waals surface area contributed by atoms with Gasteiger partial charge in [0.2, 0.25) is 0 Å². The molecule has 1 atom stereocenters. The van der Waals surface area contributed by atoms with Gasteiger partial charge in [0.25, 0.3) is 0 Å². The van der Waals surface area contributed by atoms with Crippen LogP contribution in [0.5, 0.6) is 0 Å². The molecular weight excluding hydrogens is 263 g/mol. The van der Waals surface area contributed by atoms with Crippen LogP contribution in [-0.2, 0) is 6.42 Å². The minimum Gasteiger partial charge on any atom is -0.126 e. The van der Waals surface area contributed by atoms with Gasteiger partial charge in [0, 0.05) is 10.9 Å². The first-order valence-corrected chi connectivity index (χ1v) is 7.99. The van der Waals surface area contributed by atoms with E-state index >= 15 is 0 Å². The van der Waals surface area contributed by atoms with E-state index in [9.17, 15) is 0 Å². The Kier molecular flexibility index (Phi) is 5.85. The first kappa shape index (κ1) is 14.2. The second-order valence-corrected chi connectivity index (χ2v) is 6.33. The van der Waals surface area contributed by atoms with Gasteiger partial charge in [0.1, 0.15) is 0 Å². The van der Waals surface area contributed by atoms with Crippen LogP contribution in [0.4, 0.5) is 0 Å². The maximum absolute atomic E-state index is 6.11. The smallest absolute Gasteiger partial charge is 0.0408 e. The average molecular weight is 285 g/mol. The monoisotopic (exact) mass is 284 g/mol. The molecular formula is C16H22Cl2. The van der Waals surface area contributed by atoms with Crippen molar-refractivity contribution in [2.75, 3.05) is 5.88 Å². The summed E-state index contributed by atoms with van der Waals surface area (Å²) in [5.74, 6) is 2.33. The Morgan fingerprint density at radius 3 is 2.67 bits per heavy atom. The van der Waals surface area contributed by atoms with E-state index in [-0.39, 0.29) is 0 Å². The van der Waals surface area contributed by atoms with Gasteiger partial charge < -0.3 is 0 Å². The molecule has 2 heteroatoms. The fourth-order valence-electron chi connectivity index (χ4n) is 3.00. The summed E-state index contributed by atoms with van der Waals surface area (Å²) in [7, 11) is 0. The molecule has 1 aliphatic rings. The molecule has 0 aromatic heterocycles. The van der Waals surface area contributed by atoms with Crippen molar-refractivity contribution < 1.29 is 0 Å². The number of hydrogen-bond donors (Lipinski definition) is 0. The fraction of sp³-hybridized carbons (Fsp3) is 0.625. The van der Waals surface area contributed by atoms with Crippen LogP contribution in [0.3, 0.4) is 0 Å². The Morgan fingerprint density at radius 2 is 2.00 bits per heavy atom. The number of hydrogen-bond acceptors (Lipinski definition) is 0. The van der Waals surface area contributed by atoms with Crippen molar-refractivity contribution >= 4 is 23.2 Å². The lowest BCUT2D eigenvalue weighted by Gasteiger charge is -2.16. The van der Waals surface area contributed by atoms with Crippen LogP contribution in [0.15, 0.2) is 24.3 Å². The zero-order chi connectivity index (χ0) is 12.8. The van der Waals surface area contributed by atoms with Crippen molar-refractivity contribution in [3.8, 4) is 0 Å². The molecule has 0 amide bonds. The lowest BCUT2D eigenvalue weighted by Crippen LogP contribution is -2.08. The molecule has 2 rings (SSSR count). The Morgan fingerprint density at radius 1 is 1.22 bits per heavy atom. The summed E-state index contributed by atoms with van der Waals surface area (Å²) in [6, 6.07) is 8.18. The summed E-state index contributed by atoms with van der Waals surface area (Å²) in [5.41, 5.74) is 1.32. The summed E-state index contributed by atoms with van der Waals surface area (Å²) < 4.78 is 0. The minimum atomic E-state index is 0.603. The van der Waals surface area contributed by atoms with Crippen molar-refractivity contribution in [3.05, 3.63) is 34.9 Å². The second-order valence-electron chi connectivity index (χ2n) is 5.58. The third-order valence-corrected chi connectivity index (χ3v) is 4.76. The van der Waals surface area contributed by atoms with E-state index in [0.29, 0.717) is 5.92 Å². The van der Waals surface area contributed by atoms with Crippen LogP contribution >= 0.6 is 23.2 Å². The SMILES string of the molecule is ClCC(CCC1CCCC1)Cc1cccc(Cl)c1. The Labute approximate surface area is 121 Å². The highest BCUT2D eigenvalue weighted by Crippen LogP contribution is 2.30. The normalized spacial score (nSPS) is 18.1. The molecule has 0 radical (unpaired) electrons. The summed E-state index contributed by atoms with van der Waals surface area (Å²) >= 11 is 12.1. The molecule has 0 spiro atoms. The van der Waals surface area contributed by atoms with Gasteiger partial charge in [-0.15, -0.1) is 11.6 Å². The van der Waals surface area contributed by atoms with Gasteiger partial charge in [-0.1, -0.05) is 55.8 Å². The predicted octanol–water partition coefficient (Wildman–Crippen LogP) is 5.71. The number of halogens is 2. The van der Waals surface area contributed by atoms with Crippen LogP contribution in [0.1, 0.15) is 44.1 Å². The van der Waals surface area contributed by atoms with E-state index in [1.54, 1.807) is 0 Å². The van der Waals surface area contributed by atoms with Crippen LogP contribution in [0.25, 0.3) is 0 Å². The molecule has 0 aliphatic heterocycles. The molecule has 0 nitrogen and oxygen atoms in total. The second kappa shape index (κ2) is 7.40. The Balaban J connectivity index is 1.81. The van der Waals surface area contributed by atoms with Gasteiger partial charge in [-0.3, -0.25) is 0 Å². The topological polar surface area (TPSA) is 0 Å². The van der Waals surface area contributed by atoms with Gasteiger partial charge in [0.15, 0.2) is 0 Å². The zero-order valence-electron chi connectivity index (χ0n) is 10.9. The predicted molar refractivity (Wildman–Crippen MR) is 80.6 cm³/mol. The van der Waals surface area contributed by atoms with Crippen molar-refractivity contribution in [2.45, 2.75) is 44.9 Å². The summed E-state index contributed by atoms with van der Waals surface area (Å²) in [6.45, 7) is 0. The average Bonchev–Trinajstić information content (AvgIpc) is 2.87. The highest BCUT2D eigenvalue weighted by atomic mass is 35.5. The quantitative estimate of drug-likeness (QED) is 0.587. The summed E-state index contributed by atoms with van der Waals surface area (Å²) in [5, 5.41) is 0.830. The van der Waals surface area contributed by atoms with E-state index in [4.69, 9.17) is 23.2 Å². The lowest BCUT2D eigenvalue weighted by atomic mass is 9.91. The Bertz CT molecular complexity index is 356. The lowest BCUT2D eigenvalue weighted by molar-refractivity contribution is 0.417. The molecule has 1 fully saturated rings. The van der Waals surface area contributed by atoms with Crippen LogP contribution < -0.4 is 0 Å². The molecule has 1 saturated carbocycles. The zero-order valence-corrected chi connectivity index (χ0v) is 12.4. The first-order chi connectivity index (χ1) is 8.78. The van der Waals surface area contributed by atoms with Crippen molar-refractivity contribution in [3.63, 3.8) is 0 Å². The van der Waals surface area contributed by atoms with Crippen LogP contribution in [0, 0.1) is 11.8 Å². The van der Waals surface area contributed by atoms with E-state index in [0.717, 1.165) is 23.2 Å². The minimum absolute atomic E-state index is 0.603. The molecule has 1 unspecified atom stereocenters. The van der Waals surface area contributed by atoms with Gasteiger partial charge in [0.05, 0.1) is 0 Å². The van der Waals surface area contributed by atoms with Gasteiger partial charge in [-0.2, -0.15) is 0 Å². The van der Waals surface area contributed by atoms with Crippen molar-refractivity contribution in [1.29, 1.82) is 0 Å². The van der Waals surface area contributed by atoms with E-state index < -0.39 is 0 Å². The molecule has 18 heavy (non-hydrogen) atoms. The molecule has 1 aromatic carbocycles. The Hall–Kier alpha value is -0.200. The molecule has 0 saturated heterocycles. The summed E-state index contributed by atoms with van der Waals surface area (Å²) in [4.78, 5) is 0. The van der Waals surface area contributed by atoms with Crippen molar-refractivity contribution in [2.24, 2.45) is 11.8 Å². The van der Waals surface area contributed by atoms with E-state index in [1.807, 2.05) is 12.1 Å². The van der Waals surface area contributed by atoms with Gasteiger partial charge >= 0.3 is 0 Å². The van der Waals surface area contributed by atoms with Crippen LogP contribution in [0.2, 0.25) is 5.02 Å². The highest BCUT2D eigenvalue weighted by molar-refractivity contribution is 6.30. The van der Waals surface area contributed by atoms with E-state index in [1.165, 1.54) is 44.1 Å².